The van der Waals surface area contributed by atoms with E-state index in [1.165, 1.54) is 11.3 Å². The zero-order valence-corrected chi connectivity index (χ0v) is 15.2. The number of phenols is 1. The molecule has 0 aliphatic carbocycles. The van der Waals surface area contributed by atoms with Gasteiger partial charge in [0.2, 0.25) is 11.8 Å². The molecule has 2 bridgehead atoms. The lowest BCUT2D eigenvalue weighted by atomic mass is 9.94. The Morgan fingerprint density at radius 3 is 2.77 bits per heavy atom. The monoisotopic (exact) mass is 371 g/mol. The number of carbonyl (C=O) groups excluding carboxylic acids is 2. The van der Waals surface area contributed by atoms with Crippen LogP contribution in [0.1, 0.15) is 24.1 Å². The van der Waals surface area contributed by atoms with Crippen LogP contribution in [0, 0.1) is 5.92 Å². The lowest BCUT2D eigenvalue weighted by Gasteiger charge is -2.35. The Kier molecular flexibility index (Phi) is 4.63. The second-order valence-electron chi connectivity index (χ2n) is 7.02. The van der Waals surface area contributed by atoms with Crippen molar-refractivity contribution in [1.82, 2.24) is 14.8 Å². The van der Waals surface area contributed by atoms with Crippen molar-refractivity contribution in [3.05, 3.63) is 46.4 Å². The van der Waals surface area contributed by atoms with Gasteiger partial charge in [0, 0.05) is 24.5 Å². The Labute approximate surface area is 156 Å². The summed E-state index contributed by atoms with van der Waals surface area (Å²) in [7, 11) is 0. The highest BCUT2D eigenvalue weighted by molar-refractivity contribution is 7.07. The number of aromatic hydroxyl groups is 1. The Balaban J connectivity index is 1.47. The molecule has 2 aromatic rings. The number of fused-ring (bicyclic) bond motifs is 4. The summed E-state index contributed by atoms with van der Waals surface area (Å²) in [6, 6.07) is 6.77. The number of amides is 2. The third-order valence-electron chi connectivity index (χ3n) is 5.25. The van der Waals surface area contributed by atoms with Gasteiger partial charge in [-0.05, 0) is 30.5 Å². The van der Waals surface area contributed by atoms with Crippen molar-refractivity contribution in [2.24, 2.45) is 5.92 Å². The third-order valence-corrected chi connectivity index (χ3v) is 5.89. The van der Waals surface area contributed by atoms with Crippen LogP contribution in [0.2, 0.25) is 0 Å². The normalized spacial score (nSPS) is 22.5. The van der Waals surface area contributed by atoms with E-state index in [4.69, 9.17) is 0 Å². The van der Waals surface area contributed by atoms with Crippen molar-refractivity contribution < 1.29 is 14.7 Å². The Bertz CT molecular complexity index is 791. The van der Waals surface area contributed by atoms with Crippen LogP contribution in [0.15, 0.2) is 35.2 Å². The maximum Gasteiger partial charge on any atom is 0.228 e. The molecule has 1 N–H and O–H groups in total. The largest absolute Gasteiger partial charge is 0.508 e. The van der Waals surface area contributed by atoms with E-state index in [-0.39, 0.29) is 29.5 Å². The minimum atomic E-state index is -0.115. The van der Waals surface area contributed by atoms with Crippen molar-refractivity contribution in [1.29, 1.82) is 0 Å². The maximum atomic E-state index is 12.8. The molecule has 3 aliphatic heterocycles. The van der Waals surface area contributed by atoms with Crippen LogP contribution >= 0.6 is 11.3 Å². The second-order valence-corrected chi connectivity index (χ2v) is 7.73. The number of benzene rings is 1. The molecule has 3 aliphatic rings. The third kappa shape index (κ3) is 3.44. The fourth-order valence-electron chi connectivity index (χ4n) is 3.84. The Hall–Kier alpha value is -2.41. The Morgan fingerprint density at radius 2 is 2.04 bits per heavy atom. The SMILES string of the molecule is O=C(Cc1ccc(O)cc1)N1C[C@@H]2CC[C@H](C1)N(Cc1cscn1)C2=O. The Morgan fingerprint density at radius 1 is 1.23 bits per heavy atom. The summed E-state index contributed by atoms with van der Waals surface area (Å²) in [4.78, 5) is 33.7. The van der Waals surface area contributed by atoms with Crippen LogP contribution in [0.5, 0.6) is 5.75 Å². The quantitative estimate of drug-likeness (QED) is 0.893. The number of carbonyl (C=O) groups is 2. The summed E-state index contributed by atoms with van der Waals surface area (Å²) >= 11 is 1.53. The summed E-state index contributed by atoms with van der Waals surface area (Å²) in [5.74, 6) is 0.263. The number of rotatable bonds is 4. The molecule has 0 spiro atoms. The van der Waals surface area contributed by atoms with Gasteiger partial charge in [-0.3, -0.25) is 9.59 Å². The highest BCUT2D eigenvalue weighted by Crippen LogP contribution is 2.30. The average Bonchev–Trinajstić information content (AvgIpc) is 2.99. The van der Waals surface area contributed by atoms with Gasteiger partial charge in [-0.15, -0.1) is 11.3 Å². The van der Waals surface area contributed by atoms with Gasteiger partial charge in [-0.2, -0.15) is 0 Å². The van der Waals surface area contributed by atoms with Crippen LogP contribution in [0.3, 0.4) is 0 Å². The predicted molar refractivity (Wildman–Crippen MR) is 97.6 cm³/mol. The van der Waals surface area contributed by atoms with E-state index in [0.717, 1.165) is 24.1 Å². The number of thiazole rings is 1. The van der Waals surface area contributed by atoms with E-state index >= 15 is 0 Å². The predicted octanol–water partition coefficient (Wildman–Crippen LogP) is 2.04. The van der Waals surface area contributed by atoms with Crippen LogP contribution in [-0.4, -0.2) is 50.8 Å². The molecule has 0 radical (unpaired) electrons. The zero-order valence-electron chi connectivity index (χ0n) is 14.4. The van der Waals surface area contributed by atoms with Crippen LogP contribution in [-0.2, 0) is 22.6 Å². The van der Waals surface area contributed by atoms with E-state index in [0.29, 0.717) is 26.1 Å². The first-order chi connectivity index (χ1) is 12.6. The van der Waals surface area contributed by atoms with Gasteiger partial charge < -0.3 is 14.9 Å². The molecule has 1 aromatic carbocycles. The summed E-state index contributed by atoms with van der Waals surface area (Å²) in [6.45, 7) is 1.62. The first-order valence-electron chi connectivity index (χ1n) is 8.83. The smallest absolute Gasteiger partial charge is 0.228 e. The van der Waals surface area contributed by atoms with Crippen molar-refractivity contribution >= 4 is 23.2 Å². The topological polar surface area (TPSA) is 73.7 Å². The molecule has 6 nitrogen and oxygen atoms in total. The van der Waals surface area contributed by atoms with Gasteiger partial charge >= 0.3 is 0 Å². The van der Waals surface area contributed by atoms with E-state index in [9.17, 15) is 14.7 Å². The number of piperidine rings is 1. The molecule has 3 saturated heterocycles. The van der Waals surface area contributed by atoms with Gasteiger partial charge in [-0.1, -0.05) is 12.1 Å². The average molecular weight is 371 g/mol. The number of phenolic OH excluding ortho intramolecular Hbond substituents is 1. The molecule has 1 aromatic heterocycles. The minimum Gasteiger partial charge on any atom is -0.508 e. The molecule has 136 valence electrons. The summed E-state index contributed by atoms with van der Waals surface area (Å²) in [5, 5.41) is 11.3. The molecular weight excluding hydrogens is 350 g/mol. The standard InChI is InChI=1S/C19H21N3O3S/c23-17-5-1-13(2-6-17)7-18(24)21-8-14-3-4-16(10-21)22(19(14)25)9-15-11-26-12-20-15/h1-2,5-6,11-12,14,16,23H,3-4,7-10H2/t14-,16+/m0/s1. The van der Waals surface area contributed by atoms with Gasteiger partial charge in [-0.25, -0.2) is 4.98 Å². The molecule has 4 heterocycles. The van der Waals surface area contributed by atoms with Crippen LogP contribution in [0.4, 0.5) is 0 Å². The van der Waals surface area contributed by atoms with Gasteiger partial charge in [0.15, 0.2) is 0 Å². The molecule has 3 fully saturated rings. The van der Waals surface area contributed by atoms with Crippen molar-refractivity contribution in [2.75, 3.05) is 13.1 Å². The first kappa shape index (κ1) is 17.0. The van der Waals surface area contributed by atoms with Crippen molar-refractivity contribution in [2.45, 2.75) is 31.8 Å². The van der Waals surface area contributed by atoms with E-state index in [2.05, 4.69) is 4.98 Å². The molecule has 0 unspecified atom stereocenters. The minimum absolute atomic E-state index is 0.0379. The highest BCUT2D eigenvalue weighted by Gasteiger charge is 2.41. The first-order valence-corrected chi connectivity index (χ1v) is 9.77. The molecule has 2 amide bonds. The van der Waals surface area contributed by atoms with E-state index in [1.807, 2.05) is 15.2 Å². The van der Waals surface area contributed by atoms with E-state index in [1.54, 1.807) is 29.8 Å². The van der Waals surface area contributed by atoms with Gasteiger partial charge in [0.25, 0.3) is 0 Å². The molecule has 5 rings (SSSR count). The summed E-state index contributed by atoms with van der Waals surface area (Å²) < 4.78 is 0. The van der Waals surface area contributed by atoms with E-state index < -0.39 is 0 Å². The maximum absolute atomic E-state index is 12.8. The lowest BCUT2D eigenvalue weighted by Crippen LogP contribution is -2.47. The number of hydrogen-bond acceptors (Lipinski definition) is 5. The summed E-state index contributed by atoms with van der Waals surface area (Å²) in [6.07, 6.45) is 2.07. The number of hydrogen-bond donors (Lipinski definition) is 1. The summed E-state index contributed by atoms with van der Waals surface area (Å²) in [5.41, 5.74) is 3.57. The number of aromatic nitrogens is 1. The van der Waals surface area contributed by atoms with Crippen molar-refractivity contribution in [3.8, 4) is 5.75 Å². The number of nitrogens with zero attached hydrogens (tertiary/aromatic N) is 3. The van der Waals surface area contributed by atoms with Crippen LogP contribution in [0.25, 0.3) is 0 Å². The molecule has 2 atom stereocenters. The highest BCUT2D eigenvalue weighted by atomic mass is 32.1. The fourth-order valence-corrected chi connectivity index (χ4v) is 4.39. The van der Waals surface area contributed by atoms with Gasteiger partial charge in [0.1, 0.15) is 5.75 Å². The van der Waals surface area contributed by atoms with Crippen LogP contribution < -0.4 is 0 Å². The fraction of sp³-hybridized carbons (Fsp3) is 0.421. The van der Waals surface area contributed by atoms with Gasteiger partial charge in [0.05, 0.1) is 30.1 Å². The molecular formula is C19H21N3O3S. The zero-order chi connectivity index (χ0) is 18.1. The second kappa shape index (κ2) is 7.07. The molecule has 7 heteroatoms. The van der Waals surface area contributed by atoms with Crippen molar-refractivity contribution in [3.63, 3.8) is 0 Å². The lowest BCUT2D eigenvalue weighted by molar-refractivity contribution is -0.140. The molecule has 0 saturated carbocycles. The molecule has 26 heavy (non-hydrogen) atoms.